The first-order chi connectivity index (χ1) is 12.5. The van der Waals surface area contributed by atoms with Gasteiger partial charge in [-0.3, -0.25) is 4.79 Å². The van der Waals surface area contributed by atoms with Crippen LogP contribution in [0.5, 0.6) is 5.75 Å². The smallest absolute Gasteiger partial charge is 0.267 e. The number of benzene rings is 2. The lowest BCUT2D eigenvalue weighted by Gasteiger charge is -2.05. The van der Waals surface area contributed by atoms with Crippen molar-refractivity contribution in [3.8, 4) is 5.75 Å². The molecule has 0 fully saturated rings. The fourth-order valence-corrected chi connectivity index (χ4v) is 3.47. The molecule has 1 aromatic heterocycles. The molecule has 0 radical (unpaired) electrons. The molecule has 4 nitrogen and oxygen atoms in total. The number of nitrogens with one attached hydrogen (secondary N) is 1. The molecule has 0 saturated heterocycles. The Kier molecular flexibility index (Phi) is 5.68. The molecule has 3 rings (SSSR count). The predicted molar refractivity (Wildman–Crippen MR) is 106 cm³/mol. The van der Waals surface area contributed by atoms with E-state index in [2.05, 4.69) is 29.4 Å². The van der Waals surface area contributed by atoms with E-state index in [9.17, 15) is 4.79 Å². The summed E-state index contributed by atoms with van der Waals surface area (Å²) in [6.07, 6.45) is 1.01. The quantitative estimate of drug-likeness (QED) is 0.656. The fourth-order valence-electron chi connectivity index (χ4n) is 2.60. The standard InChI is InChI=1S/C21H22N2O2S/c1-4-16-8-10-18(11-9-16)25-13-19-22-15(3)20(26-19)21(24)23-17-7-5-6-14(2)12-17/h5-12H,4,13H2,1-3H3,(H,23,24). The lowest BCUT2D eigenvalue weighted by Crippen LogP contribution is -2.11. The van der Waals surface area contributed by atoms with Crippen LogP contribution in [0, 0.1) is 13.8 Å². The van der Waals surface area contributed by atoms with E-state index >= 15 is 0 Å². The lowest BCUT2D eigenvalue weighted by molar-refractivity contribution is 0.103. The SMILES string of the molecule is CCc1ccc(OCc2nc(C)c(C(=O)Nc3cccc(C)c3)s2)cc1. The highest BCUT2D eigenvalue weighted by molar-refractivity contribution is 7.13. The Balaban J connectivity index is 1.65. The Morgan fingerprint density at radius 1 is 1.15 bits per heavy atom. The van der Waals surface area contributed by atoms with Gasteiger partial charge in [0.05, 0.1) is 5.69 Å². The highest BCUT2D eigenvalue weighted by Gasteiger charge is 2.16. The molecule has 0 aliphatic carbocycles. The van der Waals surface area contributed by atoms with Gasteiger partial charge >= 0.3 is 0 Å². The zero-order chi connectivity index (χ0) is 18.5. The predicted octanol–water partition coefficient (Wildman–Crippen LogP) is 5.15. The topological polar surface area (TPSA) is 51.2 Å². The average molecular weight is 366 g/mol. The molecule has 134 valence electrons. The van der Waals surface area contributed by atoms with Crippen LogP contribution in [0.15, 0.2) is 48.5 Å². The lowest BCUT2D eigenvalue weighted by atomic mass is 10.2. The number of carbonyl (C=O) groups excluding carboxylic acids is 1. The van der Waals surface area contributed by atoms with Gasteiger partial charge in [0.1, 0.15) is 22.2 Å². The van der Waals surface area contributed by atoms with E-state index in [-0.39, 0.29) is 5.91 Å². The number of thiazole rings is 1. The van der Waals surface area contributed by atoms with E-state index < -0.39 is 0 Å². The molecule has 0 atom stereocenters. The number of hydrogen-bond donors (Lipinski definition) is 1. The molecule has 0 bridgehead atoms. The number of carbonyl (C=O) groups is 1. The third-order valence-corrected chi connectivity index (χ3v) is 5.15. The molecule has 1 N–H and O–H groups in total. The highest BCUT2D eigenvalue weighted by Crippen LogP contribution is 2.22. The zero-order valence-electron chi connectivity index (χ0n) is 15.2. The van der Waals surface area contributed by atoms with Crippen LogP contribution in [0.4, 0.5) is 5.69 Å². The van der Waals surface area contributed by atoms with Crippen LogP contribution >= 0.6 is 11.3 Å². The number of rotatable bonds is 6. The van der Waals surface area contributed by atoms with Gasteiger partial charge in [-0.25, -0.2) is 4.98 Å². The van der Waals surface area contributed by atoms with E-state index in [0.717, 1.165) is 34.1 Å². The highest BCUT2D eigenvalue weighted by atomic mass is 32.1. The van der Waals surface area contributed by atoms with Crippen molar-refractivity contribution in [1.29, 1.82) is 0 Å². The van der Waals surface area contributed by atoms with Gasteiger partial charge in [-0.1, -0.05) is 31.2 Å². The van der Waals surface area contributed by atoms with Crippen molar-refractivity contribution in [2.75, 3.05) is 5.32 Å². The molecule has 0 aliphatic heterocycles. The number of hydrogen-bond acceptors (Lipinski definition) is 4. The van der Waals surface area contributed by atoms with Gasteiger partial charge in [-0.15, -0.1) is 11.3 Å². The van der Waals surface area contributed by atoms with Crippen molar-refractivity contribution in [1.82, 2.24) is 4.98 Å². The Morgan fingerprint density at radius 2 is 1.92 bits per heavy atom. The van der Waals surface area contributed by atoms with Crippen LogP contribution in [0.2, 0.25) is 0 Å². The minimum atomic E-state index is -0.135. The Labute approximate surface area is 157 Å². The van der Waals surface area contributed by atoms with Gasteiger partial charge in [-0.05, 0) is 55.7 Å². The Morgan fingerprint density at radius 3 is 2.62 bits per heavy atom. The van der Waals surface area contributed by atoms with Crippen LogP contribution in [-0.4, -0.2) is 10.9 Å². The van der Waals surface area contributed by atoms with Crippen molar-refractivity contribution < 1.29 is 9.53 Å². The summed E-state index contributed by atoms with van der Waals surface area (Å²) in [6.45, 7) is 6.32. The summed E-state index contributed by atoms with van der Waals surface area (Å²) in [4.78, 5) is 17.6. The van der Waals surface area contributed by atoms with Gasteiger partial charge in [0.25, 0.3) is 5.91 Å². The summed E-state index contributed by atoms with van der Waals surface area (Å²) in [7, 11) is 0. The number of ether oxygens (including phenoxy) is 1. The van der Waals surface area contributed by atoms with Gasteiger partial charge in [0.2, 0.25) is 0 Å². The zero-order valence-corrected chi connectivity index (χ0v) is 16.0. The fraction of sp³-hybridized carbons (Fsp3) is 0.238. The Hall–Kier alpha value is -2.66. The molecule has 2 aromatic carbocycles. The maximum absolute atomic E-state index is 12.5. The van der Waals surface area contributed by atoms with E-state index in [1.165, 1.54) is 16.9 Å². The van der Waals surface area contributed by atoms with Crippen molar-refractivity contribution >= 4 is 22.9 Å². The average Bonchev–Trinajstić information content (AvgIpc) is 3.01. The molecule has 3 aromatic rings. The summed E-state index contributed by atoms with van der Waals surface area (Å²) in [5, 5.41) is 3.72. The molecule has 0 unspecified atom stereocenters. The first kappa shape index (κ1) is 18.1. The molecule has 0 spiro atoms. The minimum absolute atomic E-state index is 0.135. The Bertz CT molecular complexity index is 901. The van der Waals surface area contributed by atoms with Gasteiger partial charge in [0.15, 0.2) is 0 Å². The minimum Gasteiger partial charge on any atom is -0.486 e. The molecule has 26 heavy (non-hydrogen) atoms. The second-order valence-corrected chi connectivity index (χ2v) is 7.22. The first-order valence-corrected chi connectivity index (χ1v) is 9.43. The maximum Gasteiger partial charge on any atom is 0.267 e. The molecular weight excluding hydrogens is 344 g/mol. The van der Waals surface area contributed by atoms with Gasteiger partial charge in [-0.2, -0.15) is 0 Å². The number of aryl methyl sites for hydroxylation is 3. The van der Waals surface area contributed by atoms with Gasteiger partial charge < -0.3 is 10.1 Å². The van der Waals surface area contributed by atoms with E-state index in [1.807, 2.05) is 50.2 Å². The van der Waals surface area contributed by atoms with Gasteiger partial charge in [0, 0.05) is 5.69 Å². The van der Waals surface area contributed by atoms with Crippen LogP contribution in [0.3, 0.4) is 0 Å². The van der Waals surface area contributed by atoms with Crippen molar-refractivity contribution in [3.63, 3.8) is 0 Å². The normalized spacial score (nSPS) is 10.6. The third-order valence-electron chi connectivity index (χ3n) is 4.02. The summed E-state index contributed by atoms with van der Waals surface area (Å²) >= 11 is 1.37. The molecule has 1 amide bonds. The van der Waals surface area contributed by atoms with Crippen molar-refractivity contribution in [2.24, 2.45) is 0 Å². The van der Waals surface area contributed by atoms with Crippen molar-refractivity contribution in [2.45, 2.75) is 33.8 Å². The second kappa shape index (κ2) is 8.15. The number of aromatic nitrogens is 1. The van der Waals surface area contributed by atoms with Crippen LogP contribution in [-0.2, 0) is 13.0 Å². The monoisotopic (exact) mass is 366 g/mol. The second-order valence-electron chi connectivity index (χ2n) is 6.13. The molecular formula is C21H22N2O2S. The first-order valence-electron chi connectivity index (χ1n) is 8.61. The maximum atomic E-state index is 12.5. The molecule has 5 heteroatoms. The van der Waals surface area contributed by atoms with Crippen LogP contribution in [0.1, 0.15) is 38.4 Å². The van der Waals surface area contributed by atoms with E-state index in [0.29, 0.717) is 11.5 Å². The van der Waals surface area contributed by atoms with E-state index in [1.54, 1.807) is 0 Å². The van der Waals surface area contributed by atoms with Crippen LogP contribution < -0.4 is 10.1 Å². The summed E-state index contributed by atoms with van der Waals surface area (Å²) < 4.78 is 5.79. The molecule has 0 saturated carbocycles. The summed E-state index contributed by atoms with van der Waals surface area (Å²) in [5.74, 6) is 0.671. The van der Waals surface area contributed by atoms with Crippen molar-refractivity contribution in [3.05, 3.63) is 75.2 Å². The molecule has 1 heterocycles. The summed E-state index contributed by atoms with van der Waals surface area (Å²) in [5.41, 5.74) is 3.89. The number of nitrogens with zero attached hydrogens (tertiary/aromatic N) is 1. The van der Waals surface area contributed by atoms with Crippen LogP contribution in [0.25, 0.3) is 0 Å². The molecule has 0 aliphatic rings. The number of anilines is 1. The third kappa shape index (κ3) is 4.49. The van der Waals surface area contributed by atoms with E-state index in [4.69, 9.17) is 4.74 Å². The number of amides is 1. The largest absolute Gasteiger partial charge is 0.486 e. The summed E-state index contributed by atoms with van der Waals surface area (Å²) in [6, 6.07) is 15.8.